The van der Waals surface area contributed by atoms with Crippen LogP contribution >= 0.6 is 11.3 Å². The Kier molecular flexibility index (Phi) is 6.75. The largest absolute Gasteiger partial charge is 0.534 e. The Morgan fingerprint density at radius 1 is 1.10 bits per heavy atom. The number of carbonyl (C=O) groups is 1. The molecule has 2 aromatic carbocycles. The van der Waals surface area contributed by atoms with Gasteiger partial charge < -0.3 is 13.7 Å². The topological polar surface area (TPSA) is 78.9 Å². The molecule has 0 unspecified atom stereocenters. The van der Waals surface area contributed by atoms with Crippen LogP contribution in [0, 0.1) is 0 Å². The van der Waals surface area contributed by atoms with Crippen LogP contribution in [-0.4, -0.2) is 26.5 Å². The number of hydrogen-bond acceptors (Lipinski definition) is 7. The van der Waals surface area contributed by atoms with Crippen LogP contribution in [-0.2, 0) is 32.7 Å². The number of fused-ring (bicyclic) bond motifs is 1. The Labute approximate surface area is 180 Å². The first-order valence-corrected chi connectivity index (χ1v) is 11.2. The van der Waals surface area contributed by atoms with Gasteiger partial charge in [-0.2, -0.15) is 21.6 Å². The number of carbonyl (C=O) groups excluding carboxylic acids is 1. The fourth-order valence-corrected chi connectivity index (χ4v) is 4.06. The molecule has 166 valence electrons. The van der Waals surface area contributed by atoms with Gasteiger partial charge in [-0.3, -0.25) is 4.79 Å². The van der Waals surface area contributed by atoms with Crippen molar-refractivity contribution in [3.05, 3.63) is 59.0 Å². The van der Waals surface area contributed by atoms with Gasteiger partial charge >= 0.3 is 21.6 Å². The molecule has 3 aromatic rings. The van der Waals surface area contributed by atoms with Crippen molar-refractivity contribution in [2.24, 2.45) is 0 Å². The zero-order chi connectivity index (χ0) is 22.6. The van der Waals surface area contributed by atoms with E-state index in [9.17, 15) is 26.4 Å². The van der Waals surface area contributed by atoms with Crippen molar-refractivity contribution < 1.29 is 40.0 Å². The van der Waals surface area contributed by atoms with Crippen molar-refractivity contribution in [3.8, 4) is 11.5 Å². The number of rotatable bonds is 8. The van der Waals surface area contributed by atoms with Crippen LogP contribution in [0.25, 0.3) is 10.1 Å². The normalized spacial score (nSPS) is 12.0. The molecular weight excluding hydrogens is 457 g/mol. The average molecular weight is 474 g/mol. The number of esters is 1. The van der Waals surface area contributed by atoms with Crippen molar-refractivity contribution in [3.63, 3.8) is 0 Å². The molecule has 0 N–H and O–H groups in total. The van der Waals surface area contributed by atoms with Gasteiger partial charge in [0.05, 0.1) is 6.61 Å². The first kappa shape index (κ1) is 22.9. The van der Waals surface area contributed by atoms with Gasteiger partial charge in [0.2, 0.25) is 0 Å². The summed E-state index contributed by atoms with van der Waals surface area (Å²) in [5.74, 6) is -0.312. The second kappa shape index (κ2) is 9.15. The van der Waals surface area contributed by atoms with E-state index in [1.54, 1.807) is 35.7 Å². The molecule has 1 aromatic heterocycles. The molecule has 31 heavy (non-hydrogen) atoms. The highest BCUT2D eigenvalue weighted by molar-refractivity contribution is 7.88. The summed E-state index contributed by atoms with van der Waals surface area (Å²) in [7, 11) is -5.81. The Hall–Kier alpha value is -2.79. The lowest BCUT2D eigenvalue weighted by Crippen LogP contribution is -2.28. The van der Waals surface area contributed by atoms with Crippen LogP contribution < -0.4 is 8.92 Å². The molecule has 0 bridgehead atoms. The fourth-order valence-electron chi connectivity index (χ4n) is 2.73. The Morgan fingerprint density at radius 2 is 1.84 bits per heavy atom. The minimum atomic E-state index is -5.81. The van der Waals surface area contributed by atoms with Crippen molar-refractivity contribution in [1.29, 1.82) is 0 Å². The third-order valence-corrected chi connectivity index (χ3v) is 5.95. The molecule has 0 aliphatic heterocycles. The Morgan fingerprint density at radius 3 is 2.55 bits per heavy atom. The van der Waals surface area contributed by atoms with E-state index in [1.165, 1.54) is 30.4 Å². The molecule has 11 heteroatoms. The van der Waals surface area contributed by atoms with Crippen LogP contribution in [0.2, 0.25) is 0 Å². The number of benzene rings is 2. The molecule has 0 aliphatic rings. The highest BCUT2D eigenvalue weighted by atomic mass is 32.2. The summed E-state index contributed by atoms with van der Waals surface area (Å²) < 4.78 is 76.8. The maximum absolute atomic E-state index is 12.7. The van der Waals surface area contributed by atoms with Crippen LogP contribution in [0.4, 0.5) is 13.2 Å². The highest BCUT2D eigenvalue weighted by Crippen LogP contribution is 2.35. The number of thiophene rings is 1. The van der Waals surface area contributed by atoms with E-state index in [0.29, 0.717) is 22.4 Å². The van der Waals surface area contributed by atoms with Gasteiger partial charge in [-0.05, 0) is 40.8 Å². The molecular formula is C20H17F3O6S2. The standard InChI is InChI=1S/C20H17F3O6S2/c1-13(24)27-8-6-15-4-2-3-5-17(15)28-12-14-10-18(16-7-9-30-19(16)11-14)29-31(25,26)20(21,22)23/h2-5,7,9-11H,6,8,12H2,1H3. The van der Waals surface area contributed by atoms with Crippen molar-refractivity contribution in [2.45, 2.75) is 25.5 Å². The summed E-state index contributed by atoms with van der Waals surface area (Å²) in [4.78, 5) is 10.9. The quantitative estimate of drug-likeness (QED) is 0.265. The van der Waals surface area contributed by atoms with E-state index < -0.39 is 27.3 Å². The van der Waals surface area contributed by atoms with Gasteiger partial charge in [0.15, 0.2) is 5.75 Å². The van der Waals surface area contributed by atoms with Gasteiger partial charge in [-0.15, -0.1) is 11.3 Å². The van der Waals surface area contributed by atoms with Crippen molar-refractivity contribution in [2.75, 3.05) is 6.61 Å². The van der Waals surface area contributed by atoms with E-state index >= 15 is 0 Å². The molecule has 0 aliphatic carbocycles. The number of para-hydroxylation sites is 1. The Bertz CT molecular complexity index is 1190. The van der Waals surface area contributed by atoms with E-state index in [2.05, 4.69) is 4.18 Å². The number of ether oxygens (including phenoxy) is 2. The predicted molar refractivity (Wildman–Crippen MR) is 109 cm³/mol. The molecule has 0 spiro atoms. The number of halogens is 3. The molecule has 0 amide bonds. The van der Waals surface area contributed by atoms with Gasteiger partial charge in [-0.25, -0.2) is 0 Å². The molecule has 3 rings (SSSR count). The molecule has 0 saturated heterocycles. The lowest BCUT2D eigenvalue weighted by atomic mass is 10.1. The number of alkyl halides is 3. The zero-order valence-corrected chi connectivity index (χ0v) is 17.8. The molecule has 0 radical (unpaired) electrons. The zero-order valence-electron chi connectivity index (χ0n) is 16.1. The summed E-state index contributed by atoms with van der Waals surface area (Å²) in [6.45, 7) is 1.44. The van der Waals surface area contributed by atoms with Gasteiger partial charge in [0.1, 0.15) is 12.4 Å². The smallest absolute Gasteiger partial charge is 0.489 e. The summed E-state index contributed by atoms with van der Waals surface area (Å²) in [5, 5.41) is 1.87. The molecule has 1 heterocycles. The van der Waals surface area contributed by atoms with Crippen LogP contribution in [0.3, 0.4) is 0 Å². The number of hydrogen-bond donors (Lipinski definition) is 0. The molecule has 0 saturated carbocycles. The highest BCUT2D eigenvalue weighted by Gasteiger charge is 2.48. The maximum atomic E-state index is 12.7. The second-order valence-corrected chi connectivity index (χ2v) is 8.88. The first-order valence-electron chi connectivity index (χ1n) is 8.92. The summed E-state index contributed by atoms with van der Waals surface area (Å²) in [5.41, 5.74) is -4.34. The average Bonchev–Trinajstić information content (AvgIpc) is 3.15. The Balaban J connectivity index is 1.81. The lowest BCUT2D eigenvalue weighted by molar-refractivity contribution is -0.140. The minimum Gasteiger partial charge on any atom is -0.489 e. The van der Waals surface area contributed by atoms with E-state index in [4.69, 9.17) is 9.47 Å². The van der Waals surface area contributed by atoms with Crippen molar-refractivity contribution in [1.82, 2.24) is 0 Å². The third-order valence-electron chi connectivity index (χ3n) is 4.12. The SMILES string of the molecule is CC(=O)OCCc1ccccc1OCc1cc(OS(=O)(=O)C(F)(F)F)c2ccsc2c1. The van der Waals surface area contributed by atoms with E-state index in [1.807, 2.05) is 0 Å². The van der Waals surface area contributed by atoms with Crippen molar-refractivity contribution >= 4 is 37.5 Å². The minimum absolute atomic E-state index is 0.0408. The second-order valence-electron chi connectivity index (χ2n) is 6.40. The maximum Gasteiger partial charge on any atom is 0.534 e. The summed E-state index contributed by atoms with van der Waals surface area (Å²) in [6, 6.07) is 11.4. The predicted octanol–water partition coefficient (Wildman–Crippen LogP) is 4.81. The summed E-state index contributed by atoms with van der Waals surface area (Å²) in [6.07, 6.45) is 0.415. The molecule has 0 atom stereocenters. The summed E-state index contributed by atoms with van der Waals surface area (Å²) >= 11 is 1.23. The van der Waals surface area contributed by atoms with Crippen LogP contribution in [0.1, 0.15) is 18.1 Å². The van der Waals surface area contributed by atoms with Gasteiger partial charge in [0, 0.05) is 23.4 Å². The lowest BCUT2D eigenvalue weighted by Gasteiger charge is -2.14. The molecule has 6 nitrogen and oxygen atoms in total. The van der Waals surface area contributed by atoms with E-state index in [0.717, 1.165) is 5.56 Å². The molecule has 0 fully saturated rings. The van der Waals surface area contributed by atoms with Gasteiger partial charge in [-0.1, -0.05) is 18.2 Å². The third kappa shape index (κ3) is 5.67. The van der Waals surface area contributed by atoms with E-state index in [-0.39, 0.29) is 18.6 Å². The fraction of sp³-hybridized carbons (Fsp3) is 0.250. The van der Waals surface area contributed by atoms with Gasteiger partial charge in [0.25, 0.3) is 0 Å². The van der Waals surface area contributed by atoms with Crippen LogP contribution in [0.5, 0.6) is 11.5 Å². The monoisotopic (exact) mass is 474 g/mol. The first-order chi connectivity index (χ1) is 14.6. The van der Waals surface area contributed by atoms with Crippen LogP contribution in [0.15, 0.2) is 47.8 Å².